The number of halogens is 3. The first-order chi connectivity index (χ1) is 6.92. The van der Waals surface area contributed by atoms with E-state index in [9.17, 15) is 17.2 Å². The largest absolute Gasteiger partial charge is 0.315 e. The zero-order valence-electron chi connectivity index (χ0n) is 8.66. The number of alkyl halides is 2. The lowest BCUT2D eigenvalue weighted by Crippen LogP contribution is -2.39. The normalized spacial score (nSPS) is 30.2. The molecule has 0 saturated carbocycles. The number of nitrogens with one attached hydrogen (secondary N) is 1. The third kappa shape index (κ3) is 2.64. The first-order valence-electron chi connectivity index (χ1n) is 4.99. The molecule has 2 fully saturated rings. The summed E-state index contributed by atoms with van der Waals surface area (Å²) in [5, 5.41) is 2.41. The summed E-state index contributed by atoms with van der Waals surface area (Å²) in [6, 6.07) is 0. The molecule has 0 amide bonds. The van der Waals surface area contributed by atoms with Gasteiger partial charge in [0, 0.05) is 19.5 Å². The van der Waals surface area contributed by atoms with Crippen molar-refractivity contribution < 1.29 is 17.2 Å². The Morgan fingerprint density at radius 1 is 1.38 bits per heavy atom. The zero-order valence-corrected chi connectivity index (χ0v) is 10.3. The number of rotatable bonds is 2. The zero-order chi connectivity index (χ0) is 11.1. The van der Waals surface area contributed by atoms with E-state index >= 15 is 0 Å². The van der Waals surface area contributed by atoms with Gasteiger partial charge < -0.3 is 5.32 Å². The number of hydrogen-bond acceptors (Lipinski definition) is 3. The van der Waals surface area contributed by atoms with E-state index in [4.69, 9.17) is 0 Å². The van der Waals surface area contributed by atoms with Crippen LogP contribution in [0.3, 0.4) is 0 Å². The summed E-state index contributed by atoms with van der Waals surface area (Å²) in [7, 11) is -3.52. The fourth-order valence-electron chi connectivity index (χ4n) is 2.01. The Hall–Kier alpha value is 0.0200. The van der Waals surface area contributed by atoms with Crippen LogP contribution in [0.2, 0.25) is 0 Å². The van der Waals surface area contributed by atoms with E-state index in [0.717, 1.165) is 4.31 Å². The second-order valence-corrected chi connectivity index (χ2v) is 6.31. The maximum atomic E-state index is 12.9. The summed E-state index contributed by atoms with van der Waals surface area (Å²) in [5.74, 6) is -2.85. The van der Waals surface area contributed by atoms with Crippen LogP contribution in [0.4, 0.5) is 8.78 Å². The van der Waals surface area contributed by atoms with Gasteiger partial charge >= 0.3 is 0 Å². The highest BCUT2D eigenvalue weighted by Gasteiger charge is 2.45. The molecule has 0 aromatic rings. The summed E-state index contributed by atoms with van der Waals surface area (Å²) in [4.78, 5) is 0. The van der Waals surface area contributed by atoms with Crippen molar-refractivity contribution in [2.75, 3.05) is 26.2 Å². The molecule has 2 aliphatic heterocycles. The van der Waals surface area contributed by atoms with Crippen LogP contribution in [-0.4, -0.2) is 50.1 Å². The monoisotopic (exact) mass is 276 g/mol. The predicted molar refractivity (Wildman–Crippen MR) is 58.6 cm³/mol. The van der Waals surface area contributed by atoms with E-state index < -0.39 is 27.7 Å². The smallest absolute Gasteiger partial charge is 0.262 e. The lowest BCUT2D eigenvalue weighted by Gasteiger charge is -2.20. The van der Waals surface area contributed by atoms with Crippen LogP contribution >= 0.6 is 12.4 Å². The van der Waals surface area contributed by atoms with E-state index in [0.29, 0.717) is 19.5 Å². The van der Waals surface area contributed by atoms with Gasteiger partial charge in [-0.05, 0) is 13.0 Å². The van der Waals surface area contributed by atoms with Crippen LogP contribution in [-0.2, 0) is 10.0 Å². The maximum absolute atomic E-state index is 12.9. The topological polar surface area (TPSA) is 49.4 Å². The summed E-state index contributed by atoms with van der Waals surface area (Å²) in [5.41, 5.74) is 0. The van der Waals surface area contributed by atoms with Crippen LogP contribution in [0, 0.1) is 0 Å². The van der Waals surface area contributed by atoms with Crippen molar-refractivity contribution in [1.82, 2.24) is 9.62 Å². The molecule has 16 heavy (non-hydrogen) atoms. The highest BCUT2D eigenvalue weighted by Crippen LogP contribution is 2.30. The average molecular weight is 277 g/mol. The highest BCUT2D eigenvalue weighted by atomic mass is 35.5. The molecule has 0 aromatic heterocycles. The lowest BCUT2D eigenvalue weighted by molar-refractivity contribution is 0.0183. The lowest BCUT2D eigenvalue weighted by atomic mass is 10.3. The van der Waals surface area contributed by atoms with Crippen molar-refractivity contribution >= 4 is 22.4 Å². The first-order valence-corrected chi connectivity index (χ1v) is 6.50. The van der Waals surface area contributed by atoms with E-state index in [1.807, 2.05) is 0 Å². The summed E-state index contributed by atoms with van der Waals surface area (Å²) in [6.07, 6.45) is 0.163. The van der Waals surface area contributed by atoms with Gasteiger partial charge in [-0.15, -0.1) is 12.4 Å². The number of hydrogen-bond donors (Lipinski definition) is 1. The molecule has 1 atom stereocenters. The Morgan fingerprint density at radius 2 is 2.06 bits per heavy atom. The second-order valence-electron chi connectivity index (χ2n) is 4.10. The van der Waals surface area contributed by atoms with Crippen LogP contribution in [0.1, 0.15) is 12.8 Å². The molecule has 1 N–H and O–H groups in total. The Balaban J connectivity index is 0.00000128. The van der Waals surface area contributed by atoms with Gasteiger partial charge in [0.15, 0.2) is 0 Å². The van der Waals surface area contributed by atoms with Crippen LogP contribution in [0.25, 0.3) is 0 Å². The van der Waals surface area contributed by atoms with Gasteiger partial charge in [0.25, 0.3) is 5.92 Å². The van der Waals surface area contributed by atoms with Crippen molar-refractivity contribution in [2.24, 2.45) is 0 Å². The molecule has 2 aliphatic rings. The third-order valence-electron chi connectivity index (χ3n) is 2.93. The molecule has 4 nitrogen and oxygen atoms in total. The third-order valence-corrected chi connectivity index (χ3v) is 5.21. The van der Waals surface area contributed by atoms with E-state index in [1.165, 1.54) is 0 Å². The highest BCUT2D eigenvalue weighted by molar-refractivity contribution is 7.89. The summed E-state index contributed by atoms with van der Waals surface area (Å²) < 4.78 is 50.5. The van der Waals surface area contributed by atoms with E-state index in [1.54, 1.807) is 0 Å². The van der Waals surface area contributed by atoms with Crippen molar-refractivity contribution in [1.29, 1.82) is 0 Å². The van der Waals surface area contributed by atoms with Crippen LogP contribution in [0.15, 0.2) is 0 Å². The molecule has 0 aromatic carbocycles. The van der Waals surface area contributed by atoms with E-state index in [2.05, 4.69) is 5.32 Å². The fourth-order valence-corrected chi connectivity index (χ4v) is 3.90. The molecule has 2 saturated heterocycles. The van der Waals surface area contributed by atoms with Crippen LogP contribution in [0.5, 0.6) is 0 Å². The molecule has 8 heteroatoms. The minimum atomic E-state index is -3.52. The van der Waals surface area contributed by atoms with Crippen molar-refractivity contribution in [3.05, 3.63) is 0 Å². The minimum Gasteiger partial charge on any atom is -0.315 e. The van der Waals surface area contributed by atoms with Gasteiger partial charge in [0.1, 0.15) is 0 Å². The maximum Gasteiger partial charge on any atom is 0.262 e. The summed E-state index contributed by atoms with van der Waals surface area (Å²) >= 11 is 0. The second kappa shape index (κ2) is 4.72. The molecule has 0 aliphatic carbocycles. The molecule has 0 spiro atoms. The number of sulfonamides is 1. The first kappa shape index (κ1) is 14.1. The Bertz CT molecular complexity index is 344. The number of nitrogens with zero attached hydrogens (tertiary/aromatic N) is 1. The Labute approximate surface area is 99.8 Å². The van der Waals surface area contributed by atoms with Gasteiger partial charge in [-0.2, -0.15) is 4.31 Å². The molecule has 2 rings (SSSR count). The minimum absolute atomic E-state index is 0. The van der Waals surface area contributed by atoms with Gasteiger partial charge in [-0.25, -0.2) is 17.2 Å². The van der Waals surface area contributed by atoms with Crippen molar-refractivity contribution in [2.45, 2.75) is 24.0 Å². The molecular weight excluding hydrogens is 262 g/mol. The Kier molecular flexibility index (Phi) is 4.15. The van der Waals surface area contributed by atoms with Gasteiger partial charge in [0.05, 0.1) is 11.8 Å². The van der Waals surface area contributed by atoms with Crippen molar-refractivity contribution in [3.8, 4) is 0 Å². The molecular formula is C8H15ClF2N2O2S. The predicted octanol–water partition coefficient (Wildman–Crippen LogP) is 0.441. The van der Waals surface area contributed by atoms with E-state index in [-0.39, 0.29) is 25.4 Å². The SMILES string of the molecule is Cl.O=S(=O)(C1CCNC1)N1CCC(F)(F)C1. The summed E-state index contributed by atoms with van der Waals surface area (Å²) in [6.45, 7) is 0.330. The molecule has 0 bridgehead atoms. The molecule has 0 radical (unpaired) electrons. The fraction of sp³-hybridized carbons (Fsp3) is 1.00. The quantitative estimate of drug-likeness (QED) is 0.796. The van der Waals surface area contributed by atoms with Gasteiger partial charge in [-0.1, -0.05) is 0 Å². The molecule has 1 unspecified atom stereocenters. The average Bonchev–Trinajstić information content (AvgIpc) is 2.72. The van der Waals surface area contributed by atoms with Gasteiger partial charge in [0.2, 0.25) is 10.0 Å². The van der Waals surface area contributed by atoms with Gasteiger partial charge in [-0.3, -0.25) is 0 Å². The molecule has 2 heterocycles. The van der Waals surface area contributed by atoms with Crippen LogP contribution < -0.4 is 5.32 Å². The molecule has 96 valence electrons. The Morgan fingerprint density at radius 3 is 2.50 bits per heavy atom. The van der Waals surface area contributed by atoms with Crippen molar-refractivity contribution in [3.63, 3.8) is 0 Å². The standard InChI is InChI=1S/C8H14F2N2O2S.ClH/c9-8(10)2-4-12(6-8)15(13,14)7-1-3-11-5-7;/h7,11H,1-6H2;1H.